The molecule has 8 aliphatic rings. The normalized spacial score (nSPS) is 56.0. The van der Waals surface area contributed by atoms with E-state index in [1.807, 2.05) is 0 Å². The van der Waals surface area contributed by atoms with Gasteiger partial charge in [-0.3, -0.25) is 4.79 Å². The number of fused-ring (bicyclic) bond motifs is 7. The molecule has 3 saturated heterocycles. The van der Waals surface area contributed by atoms with E-state index in [0.717, 1.165) is 32.1 Å². The topological polar surface area (TPSA) is 231 Å². The minimum absolute atomic E-state index is 0.0653. The van der Waals surface area contributed by atoms with Crippen LogP contribution in [-0.4, -0.2) is 141 Å². The van der Waals surface area contributed by atoms with E-state index in [2.05, 4.69) is 54.5 Å². The van der Waals surface area contributed by atoms with Gasteiger partial charge in [0.25, 0.3) is 0 Å². The summed E-state index contributed by atoms with van der Waals surface area (Å²) in [6.45, 7) is 20.7. The molecule has 5 aliphatic carbocycles. The summed E-state index contributed by atoms with van der Waals surface area (Å²) in [5.74, 6) is -0.628. The number of hydrogen-bond donors (Lipinski definition) is 7. The minimum atomic E-state index is -1.76. The Labute approximate surface area is 378 Å². The summed E-state index contributed by atoms with van der Waals surface area (Å²) in [6, 6.07) is 0. The SMILES string of the molecule is CC1O[C@@H](OC(=O)[C@]23CCC(C)(C)CC2C2=CCC4[C@@]5(C)CC[C@H](C)[C@@](C)(C=O)C5CC[C@@]4(C)[C@]2(C)C[C@H]3O)[C@H](O[C@@H]2OC(C)[C@H](OC3OCC(O)[C@H](O)[C@@H]3O)[C@H](O)C2O)C(O)[C@@H]1C. The molecule has 3 aliphatic heterocycles. The Morgan fingerprint density at radius 3 is 2.06 bits per heavy atom. The van der Waals surface area contributed by atoms with Crippen molar-refractivity contribution in [1.82, 2.24) is 0 Å². The Morgan fingerprint density at radius 1 is 0.719 bits per heavy atom. The van der Waals surface area contributed by atoms with Gasteiger partial charge in [-0.05, 0) is 117 Å². The zero-order valence-electron chi connectivity index (χ0n) is 39.6. The maximum Gasteiger partial charge on any atom is 0.317 e. The lowest BCUT2D eigenvalue weighted by molar-refractivity contribution is -0.371. The second-order valence-electron chi connectivity index (χ2n) is 23.5. The van der Waals surface area contributed by atoms with Crippen LogP contribution in [-0.2, 0) is 38.0 Å². The van der Waals surface area contributed by atoms with Crippen LogP contribution in [0.2, 0.25) is 0 Å². The molecule has 0 spiro atoms. The first-order chi connectivity index (χ1) is 29.8. The van der Waals surface area contributed by atoms with Crippen LogP contribution in [0, 0.1) is 62.1 Å². The van der Waals surface area contributed by atoms with Crippen LogP contribution in [0.3, 0.4) is 0 Å². The van der Waals surface area contributed by atoms with Gasteiger partial charge in [-0.15, -0.1) is 0 Å². The summed E-state index contributed by atoms with van der Waals surface area (Å²) in [4.78, 5) is 28.2. The largest absolute Gasteiger partial charge is 0.432 e. The highest BCUT2D eigenvalue weighted by molar-refractivity contribution is 5.80. The predicted molar refractivity (Wildman–Crippen MR) is 229 cm³/mol. The number of aliphatic hydroxyl groups is 7. The van der Waals surface area contributed by atoms with Crippen LogP contribution in [0.25, 0.3) is 0 Å². The number of aldehydes is 1. The van der Waals surface area contributed by atoms with Crippen molar-refractivity contribution in [3.63, 3.8) is 0 Å². The molecule has 15 nitrogen and oxygen atoms in total. The summed E-state index contributed by atoms with van der Waals surface area (Å²) in [5, 5.41) is 77.7. The maximum atomic E-state index is 15.3. The van der Waals surface area contributed by atoms with Gasteiger partial charge in [-0.25, -0.2) is 0 Å². The molecule has 9 unspecified atom stereocenters. The van der Waals surface area contributed by atoms with E-state index in [-0.39, 0.29) is 40.6 Å². The molecular weight excluding hydrogens is 829 g/mol. The van der Waals surface area contributed by atoms with E-state index in [1.54, 1.807) is 20.8 Å². The molecule has 3 heterocycles. The average Bonchev–Trinajstić information content (AvgIpc) is 3.23. The number of carbonyl (C=O) groups excluding carboxylic acids is 2. The van der Waals surface area contributed by atoms with Gasteiger partial charge in [-0.1, -0.05) is 67.0 Å². The summed E-state index contributed by atoms with van der Waals surface area (Å²) in [5.41, 5.74) is -1.35. The van der Waals surface area contributed by atoms with Crippen molar-refractivity contribution in [2.45, 2.75) is 213 Å². The molecule has 7 N–H and O–H groups in total. The number of carbonyl (C=O) groups is 2. The molecule has 0 bridgehead atoms. The third-order valence-corrected chi connectivity index (χ3v) is 19.8. The first-order valence-corrected chi connectivity index (χ1v) is 24.2. The lowest BCUT2D eigenvalue weighted by Gasteiger charge is -2.71. The molecule has 4 saturated carbocycles. The van der Waals surface area contributed by atoms with Gasteiger partial charge in [0, 0.05) is 11.3 Å². The predicted octanol–water partition coefficient (Wildman–Crippen LogP) is 3.54. The Balaban J connectivity index is 1.06. The molecule has 15 heteroatoms. The van der Waals surface area contributed by atoms with Crippen LogP contribution < -0.4 is 0 Å². The van der Waals surface area contributed by atoms with Crippen LogP contribution in [0.15, 0.2) is 11.6 Å². The molecule has 0 aromatic rings. The quantitative estimate of drug-likeness (QED) is 0.110. The molecule has 24 atom stereocenters. The molecule has 0 aromatic heterocycles. The fourth-order valence-corrected chi connectivity index (χ4v) is 14.9. The molecule has 0 radical (unpaired) electrons. The van der Waals surface area contributed by atoms with Crippen molar-refractivity contribution in [2.24, 2.45) is 62.1 Å². The first-order valence-electron chi connectivity index (χ1n) is 24.2. The third-order valence-electron chi connectivity index (χ3n) is 19.8. The Morgan fingerprint density at radius 2 is 1.38 bits per heavy atom. The Hall–Kier alpha value is -1.60. The van der Waals surface area contributed by atoms with E-state index in [4.69, 9.17) is 28.4 Å². The lowest BCUT2D eigenvalue weighted by Crippen LogP contribution is -2.68. The zero-order chi connectivity index (χ0) is 46.9. The summed E-state index contributed by atoms with van der Waals surface area (Å²) in [6.07, 6.45) is -8.57. The van der Waals surface area contributed by atoms with Crippen molar-refractivity contribution in [3.8, 4) is 0 Å². The van der Waals surface area contributed by atoms with Gasteiger partial charge in [0.1, 0.15) is 54.4 Å². The molecule has 364 valence electrons. The number of hydrogen-bond acceptors (Lipinski definition) is 15. The minimum Gasteiger partial charge on any atom is -0.432 e. The van der Waals surface area contributed by atoms with Gasteiger partial charge in [0.15, 0.2) is 12.6 Å². The number of aliphatic hydroxyl groups excluding tert-OH is 7. The van der Waals surface area contributed by atoms with E-state index < -0.39 is 114 Å². The average molecular weight is 907 g/mol. The highest BCUT2D eigenvalue weighted by Crippen LogP contribution is 2.76. The summed E-state index contributed by atoms with van der Waals surface area (Å²) < 4.78 is 36.2. The van der Waals surface area contributed by atoms with Gasteiger partial charge < -0.3 is 69.0 Å². The number of rotatable bonds is 7. The first kappa shape index (κ1) is 48.8. The van der Waals surface area contributed by atoms with Crippen molar-refractivity contribution in [3.05, 3.63) is 11.6 Å². The third kappa shape index (κ3) is 7.25. The maximum absolute atomic E-state index is 15.3. The van der Waals surface area contributed by atoms with Gasteiger partial charge in [0.05, 0.1) is 31.0 Å². The zero-order valence-corrected chi connectivity index (χ0v) is 39.6. The van der Waals surface area contributed by atoms with E-state index in [1.165, 1.54) is 11.9 Å². The Bertz CT molecular complexity index is 1790. The van der Waals surface area contributed by atoms with Crippen molar-refractivity contribution in [1.29, 1.82) is 0 Å². The molecule has 0 amide bonds. The van der Waals surface area contributed by atoms with Crippen LogP contribution >= 0.6 is 0 Å². The number of allylic oxidation sites excluding steroid dienone is 2. The van der Waals surface area contributed by atoms with Crippen LogP contribution in [0.4, 0.5) is 0 Å². The second kappa shape index (κ2) is 16.8. The van der Waals surface area contributed by atoms with E-state index in [9.17, 15) is 40.5 Å². The molecule has 7 fully saturated rings. The standard InChI is InChI=1S/C49H78O15/c1-23-13-15-45(7)30(46(23,8)22-50)14-16-47(9)31(45)12-11-27-28-19-44(5,6)17-18-49(28,32(52)20-48(27,47)10)43(58)64-42-39(33(53)24(2)25(3)60-42)63-41-37(57)35(55)38(26(4)61-41)62-40-36(56)34(54)29(51)21-59-40/h11,22-26,28-42,51-57H,12-21H2,1-10H3/t23-,24+,25?,26?,28?,29?,30?,31?,32+,33?,34-,35+,36-,37?,38-,39+,40?,41-,42-,45-,46+,47+,48+,49+/m0/s1. The molecule has 8 rings (SSSR count). The fraction of sp³-hybridized carbons (Fsp3) is 0.918. The second-order valence-corrected chi connectivity index (χ2v) is 23.5. The van der Waals surface area contributed by atoms with E-state index >= 15 is 4.79 Å². The highest BCUT2D eigenvalue weighted by atomic mass is 16.8. The van der Waals surface area contributed by atoms with Crippen molar-refractivity contribution < 1.29 is 73.8 Å². The van der Waals surface area contributed by atoms with Crippen LogP contribution in [0.1, 0.15) is 127 Å². The van der Waals surface area contributed by atoms with Gasteiger partial charge >= 0.3 is 5.97 Å². The van der Waals surface area contributed by atoms with Crippen molar-refractivity contribution >= 4 is 12.3 Å². The lowest BCUT2D eigenvalue weighted by atomic mass is 9.33. The van der Waals surface area contributed by atoms with Gasteiger partial charge in [-0.2, -0.15) is 0 Å². The van der Waals surface area contributed by atoms with Gasteiger partial charge in [0.2, 0.25) is 6.29 Å². The molecule has 0 aromatic carbocycles. The van der Waals surface area contributed by atoms with E-state index in [0.29, 0.717) is 31.6 Å². The summed E-state index contributed by atoms with van der Waals surface area (Å²) in [7, 11) is 0. The molecule has 64 heavy (non-hydrogen) atoms. The fourth-order valence-electron chi connectivity index (χ4n) is 14.9. The number of ether oxygens (including phenoxy) is 6. The summed E-state index contributed by atoms with van der Waals surface area (Å²) >= 11 is 0. The smallest absolute Gasteiger partial charge is 0.317 e. The Kier molecular flexibility index (Phi) is 12.8. The molecular formula is C49H78O15. The van der Waals surface area contributed by atoms with Crippen LogP contribution in [0.5, 0.6) is 0 Å². The van der Waals surface area contributed by atoms with Crippen molar-refractivity contribution in [2.75, 3.05) is 6.61 Å². The highest BCUT2D eigenvalue weighted by Gasteiger charge is 2.72. The number of esters is 1. The monoisotopic (exact) mass is 907 g/mol.